The number of fused-ring (bicyclic) bond motifs is 3. The van der Waals surface area contributed by atoms with E-state index >= 15 is 0 Å². The van der Waals surface area contributed by atoms with E-state index in [1.54, 1.807) is 7.11 Å². The first-order valence-corrected chi connectivity index (χ1v) is 25.5. The molecule has 6 saturated carbocycles. The summed E-state index contributed by atoms with van der Waals surface area (Å²) in [5.41, 5.74) is 0.711. The molecule has 0 aromatic heterocycles. The minimum absolute atomic E-state index is 0.0252. The maximum atomic E-state index is 13.2. The Hall–Kier alpha value is -1.91. The third-order valence-electron chi connectivity index (χ3n) is 21.5. The third-order valence-corrected chi connectivity index (χ3v) is 21.5. The highest BCUT2D eigenvalue weighted by Gasteiger charge is 2.82. The van der Waals surface area contributed by atoms with Crippen LogP contribution in [0.15, 0.2) is 24.3 Å². The second-order valence-electron chi connectivity index (χ2n) is 24.0. The van der Waals surface area contributed by atoms with Crippen molar-refractivity contribution in [2.24, 2.45) is 67.5 Å². The highest BCUT2D eigenvalue weighted by molar-refractivity contribution is 5.74. The Balaban J connectivity index is 1.16. The van der Waals surface area contributed by atoms with Gasteiger partial charge in [-0.2, -0.15) is 0 Å². The van der Waals surface area contributed by atoms with Crippen LogP contribution in [0.2, 0.25) is 0 Å². The molecule has 7 aliphatic carbocycles. The fourth-order valence-electron chi connectivity index (χ4n) is 18.1. The number of ether oxygens (including phenoxy) is 2. The van der Waals surface area contributed by atoms with E-state index in [2.05, 4.69) is 70.7 Å². The van der Waals surface area contributed by atoms with E-state index in [4.69, 9.17) is 9.47 Å². The fraction of sp³-hybridized carbons (Fsp3) is 0.836. The molecule has 7 fully saturated rings. The maximum Gasteiger partial charge on any atom is 0.309 e. The maximum absolute atomic E-state index is 13.2. The summed E-state index contributed by atoms with van der Waals surface area (Å²) in [6.07, 6.45) is 24.4. The molecule has 1 aliphatic heterocycles. The van der Waals surface area contributed by atoms with E-state index in [1.165, 1.54) is 68.9 Å². The van der Waals surface area contributed by atoms with Gasteiger partial charge in [-0.05, 0) is 154 Å². The molecule has 4 bridgehead atoms. The van der Waals surface area contributed by atoms with Gasteiger partial charge in [0.2, 0.25) is 0 Å². The van der Waals surface area contributed by atoms with Gasteiger partial charge in [0.15, 0.2) is 5.79 Å². The first kappa shape index (κ1) is 44.3. The Morgan fingerprint density at radius 1 is 0.836 bits per heavy atom. The number of carboxylic acids is 1. The third kappa shape index (κ3) is 6.55. The van der Waals surface area contributed by atoms with Gasteiger partial charge in [-0.15, -0.1) is 5.92 Å². The molecule has 3 N–H and O–H groups in total. The first-order chi connectivity index (χ1) is 29.1. The normalized spacial score (nSPS) is 47.9. The predicted molar refractivity (Wildman–Crippen MR) is 241 cm³/mol. The van der Waals surface area contributed by atoms with Gasteiger partial charge in [0.1, 0.15) is 0 Å². The molecule has 0 unspecified atom stereocenters. The second-order valence-corrected chi connectivity index (χ2v) is 24.0. The van der Waals surface area contributed by atoms with Gasteiger partial charge in [0, 0.05) is 42.6 Å². The molecule has 14 atom stereocenters. The summed E-state index contributed by atoms with van der Waals surface area (Å²) in [6.45, 7) is 12.8. The molecule has 2 spiro atoms. The quantitative estimate of drug-likeness (QED) is 0.192. The van der Waals surface area contributed by atoms with Crippen LogP contribution in [0.3, 0.4) is 0 Å². The lowest BCUT2D eigenvalue weighted by molar-refractivity contribution is -0.314. The Labute approximate surface area is 369 Å². The SMILES string of the molecule is CCC[C@@H]1[C@@]23CC[C@@]45C#CC[C@@H](CCC6CCCCC6)CC[C@]6(CC[C@@]4(C)[C@@H]2[C@@H](O)C[C@]1(O)O[C@H]3Cc1ccc(CCOC)cc1)[C@@H]1C[C@](C)(C(=O)O)CC[C@]1(C)CC[C@@]65C. The Kier molecular flexibility index (Phi) is 11.6. The van der Waals surface area contributed by atoms with Crippen LogP contribution < -0.4 is 0 Å². The van der Waals surface area contributed by atoms with Gasteiger partial charge in [0.05, 0.1) is 24.2 Å². The van der Waals surface area contributed by atoms with E-state index in [-0.39, 0.29) is 56.9 Å². The van der Waals surface area contributed by atoms with Gasteiger partial charge >= 0.3 is 5.97 Å². The number of methoxy groups -OCH3 is 1. The standard InChI is InChI=1S/C55H82O6/c1-7-12-43-54-33-32-53-24-11-15-39(17-16-38-13-9-8-10-14-38)22-25-52(44-37-49(3,47(57)58)27-26-48(44,2)28-30-51(52,53)5)31-29-50(53,4)46(54)42(56)36-55(43,59)61-45(54)35-41-20-18-40(19-21-41)23-34-60-6/h18-21,38-39,42-46,56,59H,7-10,12-17,22-23,25-37H2,1-6H3,(H,57,58)/t39-,42-,43+,44+,45-,46-,48+,49+,50-,51-,52-,53-,54+,55-/m0/s1. The molecule has 338 valence electrons. The zero-order valence-corrected chi connectivity index (χ0v) is 39.1. The summed E-state index contributed by atoms with van der Waals surface area (Å²) in [5, 5.41) is 36.5. The largest absolute Gasteiger partial charge is 0.481 e. The van der Waals surface area contributed by atoms with Gasteiger partial charge < -0.3 is 24.8 Å². The van der Waals surface area contributed by atoms with Crippen molar-refractivity contribution in [3.63, 3.8) is 0 Å². The minimum Gasteiger partial charge on any atom is -0.481 e. The summed E-state index contributed by atoms with van der Waals surface area (Å²) in [7, 11) is 1.75. The molecule has 9 rings (SSSR count). The van der Waals surface area contributed by atoms with Gasteiger partial charge in [0.25, 0.3) is 0 Å². The molecule has 0 radical (unpaired) electrons. The number of aliphatic hydroxyl groups excluding tert-OH is 1. The van der Waals surface area contributed by atoms with Crippen molar-refractivity contribution in [1.29, 1.82) is 0 Å². The van der Waals surface area contributed by atoms with Crippen LogP contribution in [-0.2, 0) is 27.1 Å². The van der Waals surface area contributed by atoms with Gasteiger partial charge in [-0.1, -0.05) is 103 Å². The van der Waals surface area contributed by atoms with Crippen LogP contribution in [0.4, 0.5) is 0 Å². The summed E-state index contributed by atoms with van der Waals surface area (Å²) in [5.74, 6) is 8.12. The van der Waals surface area contributed by atoms with E-state index in [1.807, 2.05) is 0 Å². The van der Waals surface area contributed by atoms with Crippen LogP contribution in [0.5, 0.6) is 0 Å². The van der Waals surface area contributed by atoms with Crippen LogP contribution in [0.25, 0.3) is 0 Å². The van der Waals surface area contributed by atoms with Crippen molar-refractivity contribution >= 4 is 5.97 Å². The highest BCUT2D eigenvalue weighted by Crippen LogP contribution is 2.85. The average Bonchev–Trinajstić information content (AvgIpc) is 3.40. The summed E-state index contributed by atoms with van der Waals surface area (Å²) >= 11 is 0. The fourth-order valence-corrected chi connectivity index (χ4v) is 18.1. The summed E-state index contributed by atoms with van der Waals surface area (Å²) in [4.78, 5) is 13.2. The number of hydrogen-bond acceptors (Lipinski definition) is 5. The number of carboxylic acid groups (broad SMARTS) is 1. The summed E-state index contributed by atoms with van der Waals surface area (Å²) < 4.78 is 12.5. The van der Waals surface area contributed by atoms with Crippen molar-refractivity contribution in [3.05, 3.63) is 35.4 Å². The van der Waals surface area contributed by atoms with Crippen molar-refractivity contribution in [3.8, 4) is 11.8 Å². The topological polar surface area (TPSA) is 96.2 Å². The predicted octanol–water partition coefficient (Wildman–Crippen LogP) is 11.7. The van der Waals surface area contributed by atoms with E-state index in [0.29, 0.717) is 18.4 Å². The lowest BCUT2D eigenvalue weighted by atomic mass is 9.24. The number of aliphatic hydroxyl groups is 2. The van der Waals surface area contributed by atoms with E-state index in [0.717, 1.165) is 95.8 Å². The van der Waals surface area contributed by atoms with Gasteiger partial charge in [-0.3, -0.25) is 4.79 Å². The smallest absolute Gasteiger partial charge is 0.309 e. The van der Waals surface area contributed by atoms with Crippen LogP contribution in [-0.4, -0.2) is 53.0 Å². The molecule has 61 heavy (non-hydrogen) atoms. The number of benzene rings is 1. The summed E-state index contributed by atoms with van der Waals surface area (Å²) in [6, 6.07) is 8.96. The van der Waals surface area contributed by atoms with Crippen LogP contribution >= 0.6 is 0 Å². The first-order valence-electron chi connectivity index (χ1n) is 25.5. The second kappa shape index (κ2) is 15.9. The number of hydrogen-bond donors (Lipinski definition) is 3. The minimum atomic E-state index is -1.34. The molecule has 1 aromatic carbocycles. The number of aliphatic carboxylic acids is 1. The Morgan fingerprint density at radius 2 is 1.56 bits per heavy atom. The van der Waals surface area contributed by atoms with E-state index in [9.17, 15) is 20.1 Å². The number of carbonyl (C=O) groups is 1. The van der Waals surface area contributed by atoms with Crippen molar-refractivity contribution in [2.75, 3.05) is 13.7 Å². The molecule has 0 amide bonds. The lowest BCUT2D eigenvalue weighted by Crippen LogP contribution is -2.75. The molecule has 1 aromatic rings. The van der Waals surface area contributed by atoms with Crippen LogP contribution in [0.1, 0.15) is 187 Å². The van der Waals surface area contributed by atoms with Crippen molar-refractivity contribution in [2.45, 2.75) is 207 Å². The monoisotopic (exact) mass is 839 g/mol. The molecular weight excluding hydrogens is 757 g/mol. The molecule has 1 heterocycles. The van der Waals surface area contributed by atoms with Crippen molar-refractivity contribution < 1.29 is 29.6 Å². The van der Waals surface area contributed by atoms with Gasteiger partial charge in [-0.25, -0.2) is 0 Å². The lowest BCUT2D eigenvalue weighted by Gasteiger charge is -2.79. The van der Waals surface area contributed by atoms with Crippen LogP contribution in [0, 0.1) is 79.3 Å². The zero-order chi connectivity index (χ0) is 43.1. The number of rotatable bonds is 11. The van der Waals surface area contributed by atoms with Crippen molar-refractivity contribution in [1.82, 2.24) is 0 Å². The Morgan fingerprint density at radius 3 is 2.28 bits per heavy atom. The average molecular weight is 839 g/mol. The Bertz CT molecular complexity index is 1840. The molecule has 6 nitrogen and oxygen atoms in total. The highest BCUT2D eigenvalue weighted by atomic mass is 16.6. The molecular formula is C55H82O6. The molecule has 6 heteroatoms. The molecule has 1 saturated heterocycles. The molecule has 8 aliphatic rings. The van der Waals surface area contributed by atoms with E-state index < -0.39 is 23.3 Å². The zero-order valence-electron chi connectivity index (χ0n) is 39.1.